The van der Waals surface area contributed by atoms with Gasteiger partial charge in [-0.2, -0.15) is 0 Å². The summed E-state index contributed by atoms with van der Waals surface area (Å²) < 4.78 is 13.3. The molecule has 0 aliphatic carbocycles. The van der Waals surface area contributed by atoms with Crippen LogP contribution in [-0.4, -0.2) is 40.5 Å². The van der Waals surface area contributed by atoms with Crippen LogP contribution in [0.1, 0.15) is 24.0 Å². The van der Waals surface area contributed by atoms with Gasteiger partial charge in [-0.15, -0.1) is 0 Å². The van der Waals surface area contributed by atoms with Crippen molar-refractivity contribution >= 4 is 11.9 Å². The summed E-state index contributed by atoms with van der Waals surface area (Å²) in [5.74, 6) is -0.508. The number of hydrogen-bond acceptors (Lipinski definition) is 4. The van der Waals surface area contributed by atoms with Crippen molar-refractivity contribution < 1.29 is 14.0 Å². The molecule has 2 fully saturated rings. The van der Waals surface area contributed by atoms with Crippen LogP contribution in [0.2, 0.25) is 0 Å². The SMILES string of the molecule is O=C1N[C@@](Cc2ccc(F)cc2)(C2CCNCC2)C(=O)N1Cc1cccnc1. The molecule has 0 unspecified atom stereocenters. The Bertz CT molecular complexity index is 852. The molecule has 0 saturated carbocycles. The minimum absolute atomic E-state index is 0.0224. The van der Waals surface area contributed by atoms with E-state index >= 15 is 0 Å². The van der Waals surface area contributed by atoms with E-state index in [1.54, 1.807) is 30.6 Å². The fourth-order valence-electron chi connectivity index (χ4n) is 4.24. The molecule has 28 heavy (non-hydrogen) atoms. The molecular formula is C21H23FN4O2. The Morgan fingerprint density at radius 2 is 1.86 bits per heavy atom. The summed E-state index contributed by atoms with van der Waals surface area (Å²) in [5.41, 5.74) is 0.630. The topological polar surface area (TPSA) is 74.3 Å². The van der Waals surface area contributed by atoms with Gasteiger partial charge in [0.2, 0.25) is 0 Å². The van der Waals surface area contributed by atoms with Crippen LogP contribution in [0.4, 0.5) is 9.18 Å². The first kappa shape index (κ1) is 18.6. The average molecular weight is 382 g/mol. The zero-order chi connectivity index (χ0) is 19.6. The van der Waals surface area contributed by atoms with Crippen molar-refractivity contribution in [2.45, 2.75) is 31.3 Å². The third-order valence-corrected chi connectivity index (χ3v) is 5.70. The fraction of sp³-hybridized carbons (Fsp3) is 0.381. The lowest BCUT2D eigenvalue weighted by molar-refractivity contribution is -0.134. The monoisotopic (exact) mass is 382 g/mol. The van der Waals surface area contributed by atoms with E-state index < -0.39 is 5.54 Å². The molecule has 1 atom stereocenters. The molecule has 4 rings (SSSR count). The van der Waals surface area contributed by atoms with Gasteiger partial charge in [-0.25, -0.2) is 9.18 Å². The second-order valence-corrected chi connectivity index (χ2v) is 7.48. The largest absolute Gasteiger partial charge is 0.325 e. The summed E-state index contributed by atoms with van der Waals surface area (Å²) in [6.45, 7) is 1.80. The normalized spacial score (nSPS) is 23.1. The highest BCUT2D eigenvalue weighted by Crippen LogP contribution is 2.35. The van der Waals surface area contributed by atoms with Gasteiger partial charge in [-0.1, -0.05) is 18.2 Å². The number of pyridine rings is 1. The van der Waals surface area contributed by atoms with Crippen molar-refractivity contribution in [1.29, 1.82) is 0 Å². The van der Waals surface area contributed by atoms with Crippen molar-refractivity contribution in [3.05, 3.63) is 65.7 Å². The van der Waals surface area contributed by atoms with Gasteiger partial charge >= 0.3 is 6.03 Å². The van der Waals surface area contributed by atoms with Crippen molar-refractivity contribution in [1.82, 2.24) is 20.5 Å². The number of piperidine rings is 1. The van der Waals surface area contributed by atoms with Crippen LogP contribution >= 0.6 is 0 Å². The van der Waals surface area contributed by atoms with Crippen LogP contribution < -0.4 is 10.6 Å². The Kier molecular flexibility index (Phi) is 5.09. The quantitative estimate of drug-likeness (QED) is 0.778. The number of carbonyl (C=O) groups excluding carboxylic acids is 2. The highest BCUT2D eigenvalue weighted by Gasteiger charge is 2.55. The highest BCUT2D eigenvalue weighted by molar-refractivity contribution is 6.07. The average Bonchev–Trinajstić information content (AvgIpc) is 2.96. The Morgan fingerprint density at radius 1 is 1.11 bits per heavy atom. The number of amides is 3. The number of nitrogens with zero attached hydrogens (tertiary/aromatic N) is 2. The summed E-state index contributed by atoms with van der Waals surface area (Å²) in [4.78, 5) is 31.7. The van der Waals surface area contributed by atoms with Crippen LogP contribution in [0.5, 0.6) is 0 Å². The van der Waals surface area contributed by atoms with Gasteiger partial charge in [0.05, 0.1) is 6.54 Å². The molecular weight excluding hydrogens is 359 g/mol. The van der Waals surface area contributed by atoms with Crippen LogP contribution in [0.3, 0.4) is 0 Å². The molecule has 7 heteroatoms. The molecule has 2 N–H and O–H groups in total. The van der Waals surface area contributed by atoms with E-state index in [4.69, 9.17) is 0 Å². The van der Waals surface area contributed by atoms with Gasteiger partial charge in [0.1, 0.15) is 11.4 Å². The first-order valence-electron chi connectivity index (χ1n) is 9.57. The second-order valence-electron chi connectivity index (χ2n) is 7.48. The van der Waals surface area contributed by atoms with Crippen molar-refractivity contribution in [2.24, 2.45) is 5.92 Å². The molecule has 6 nitrogen and oxygen atoms in total. The summed E-state index contributed by atoms with van der Waals surface area (Å²) in [5, 5.41) is 6.32. The van der Waals surface area contributed by atoms with E-state index in [1.165, 1.54) is 17.0 Å². The van der Waals surface area contributed by atoms with E-state index in [1.807, 2.05) is 6.07 Å². The fourth-order valence-corrected chi connectivity index (χ4v) is 4.24. The summed E-state index contributed by atoms with van der Waals surface area (Å²) in [6, 6.07) is 9.39. The number of urea groups is 1. The molecule has 0 radical (unpaired) electrons. The number of rotatable bonds is 5. The van der Waals surface area contributed by atoms with Gasteiger partial charge in [0.25, 0.3) is 5.91 Å². The van der Waals surface area contributed by atoms with Gasteiger partial charge in [-0.3, -0.25) is 14.7 Å². The lowest BCUT2D eigenvalue weighted by atomic mass is 9.74. The predicted molar refractivity (Wildman–Crippen MR) is 102 cm³/mol. The zero-order valence-corrected chi connectivity index (χ0v) is 15.5. The first-order chi connectivity index (χ1) is 13.6. The maximum atomic E-state index is 13.5. The highest BCUT2D eigenvalue weighted by atomic mass is 19.1. The Hall–Kier alpha value is -2.80. The van der Waals surface area contributed by atoms with Crippen molar-refractivity contribution in [3.63, 3.8) is 0 Å². The predicted octanol–water partition coefficient (Wildman–Crippen LogP) is 2.25. The van der Waals surface area contributed by atoms with Crippen molar-refractivity contribution in [2.75, 3.05) is 13.1 Å². The van der Waals surface area contributed by atoms with E-state index in [0.717, 1.165) is 37.1 Å². The van der Waals surface area contributed by atoms with Gasteiger partial charge in [-0.05, 0) is 61.2 Å². The number of benzene rings is 1. The maximum Gasteiger partial charge on any atom is 0.325 e. The molecule has 3 heterocycles. The molecule has 2 saturated heterocycles. The molecule has 2 aliphatic heterocycles. The smallest absolute Gasteiger partial charge is 0.322 e. The Morgan fingerprint density at radius 3 is 2.54 bits per heavy atom. The Labute approximate surface area is 163 Å². The number of carbonyl (C=O) groups is 2. The molecule has 2 aliphatic rings. The van der Waals surface area contributed by atoms with Gasteiger partial charge < -0.3 is 10.6 Å². The van der Waals surface area contributed by atoms with E-state index in [9.17, 15) is 14.0 Å². The van der Waals surface area contributed by atoms with E-state index in [2.05, 4.69) is 15.6 Å². The lowest BCUT2D eigenvalue weighted by Crippen LogP contribution is -2.57. The van der Waals surface area contributed by atoms with Gasteiger partial charge in [0, 0.05) is 18.8 Å². The van der Waals surface area contributed by atoms with Crippen LogP contribution in [0.15, 0.2) is 48.8 Å². The minimum atomic E-state index is -1.00. The standard InChI is InChI=1S/C21H23FN4O2/c22-18-5-3-15(4-6-18)12-21(17-7-10-23-11-8-17)19(27)26(20(28)25-21)14-16-2-1-9-24-13-16/h1-6,9,13,17,23H,7-8,10-12,14H2,(H,25,28)/t21-/m0/s1. The lowest BCUT2D eigenvalue weighted by Gasteiger charge is -2.38. The summed E-state index contributed by atoms with van der Waals surface area (Å²) >= 11 is 0. The first-order valence-corrected chi connectivity index (χ1v) is 9.57. The molecule has 3 amide bonds. The molecule has 2 aromatic rings. The maximum absolute atomic E-state index is 13.5. The molecule has 0 spiro atoms. The number of aromatic nitrogens is 1. The third kappa shape index (κ3) is 3.49. The van der Waals surface area contributed by atoms with Crippen LogP contribution in [-0.2, 0) is 17.8 Å². The number of nitrogens with one attached hydrogen (secondary N) is 2. The zero-order valence-electron chi connectivity index (χ0n) is 15.5. The number of hydrogen-bond donors (Lipinski definition) is 2. The summed E-state index contributed by atoms with van der Waals surface area (Å²) in [6.07, 6.45) is 5.27. The third-order valence-electron chi connectivity index (χ3n) is 5.70. The van der Waals surface area contributed by atoms with Crippen molar-refractivity contribution in [3.8, 4) is 0 Å². The number of halogens is 1. The Balaban J connectivity index is 1.65. The van der Waals surface area contributed by atoms with E-state index in [0.29, 0.717) is 6.42 Å². The van der Waals surface area contributed by atoms with Crippen LogP contribution in [0.25, 0.3) is 0 Å². The van der Waals surface area contributed by atoms with Crippen LogP contribution in [0, 0.1) is 11.7 Å². The minimum Gasteiger partial charge on any atom is -0.322 e. The second kappa shape index (κ2) is 7.67. The number of imide groups is 1. The molecule has 1 aromatic carbocycles. The van der Waals surface area contributed by atoms with Gasteiger partial charge in [0.15, 0.2) is 0 Å². The molecule has 1 aromatic heterocycles. The van der Waals surface area contributed by atoms with E-state index in [-0.39, 0.29) is 30.2 Å². The molecule has 0 bridgehead atoms. The molecule has 146 valence electrons. The summed E-state index contributed by atoms with van der Waals surface area (Å²) in [7, 11) is 0.